The molecule has 0 bridgehead atoms. The highest BCUT2D eigenvalue weighted by Crippen LogP contribution is 2.30. The second kappa shape index (κ2) is 9.32. The fourth-order valence-electron chi connectivity index (χ4n) is 2.68. The lowest BCUT2D eigenvalue weighted by Gasteiger charge is -2.21. The molecule has 0 aliphatic carbocycles. The second-order valence-corrected chi connectivity index (χ2v) is 9.30. The Morgan fingerprint density at radius 3 is 2.42 bits per heavy atom. The van der Waals surface area contributed by atoms with Crippen LogP contribution in [0.1, 0.15) is 35.7 Å². The Labute approximate surface area is 188 Å². The van der Waals surface area contributed by atoms with Gasteiger partial charge in [0.1, 0.15) is 0 Å². The van der Waals surface area contributed by atoms with Crippen molar-refractivity contribution in [3.63, 3.8) is 0 Å². The predicted molar refractivity (Wildman–Crippen MR) is 110 cm³/mol. The summed E-state index contributed by atoms with van der Waals surface area (Å²) in [4.78, 5) is 16.3. The van der Waals surface area contributed by atoms with Gasteiger partial charge in [0.2, 0.25) is 15.8 Å². The maximum Gasteiger partial charge on any atom is 0.416 e. The van der Waals surface area contributed by atoms with E-state index in [0.717, 1.165) is 12.1 Å². The summed E-state index contributed by atoms with van der Waals surface area (Å²) in [5.74, 6) is -0.866. The molecule has 33 heavy (non-hydrogen) atoms. The molecule has 0 N–H and O–H groups in total. The standard InChI is InChI=1S/C21H20F3N3O5S/c1-13(2)27(3)33(29,30)17-6-4-5-15(11-17)20(28)31-12-18-25-19(26-32-18)14-7-9-16(10-8-14)21(22,23)24/h4-11,13H,12H2,1-3H3. The van der Waals surface area contributed by atoms with Gasteiger partial charge in [0, 0.05) is 18.7 Å². The van der Waals surface area contributed by atoms with Crippen LogP contribution in [0.4, 0.5) is 13.2 Å². The van der Waals surface area contributed by atoms with Crippen molar-refractivity contribution in [2.45, 2.75) is 37.6 Å². The molecule has 0 atom stereocenters. The molecule has 0 radical (unpaired) electrons. The molecule has 0 saturated carbocycles. The van der Waals surface area contributed by atoms with Crippen LogP contribution in [0, 0.1) is 0 Å². The molecule has 0 spiro atoms. The van der Waals surface area contributed by atoms with Crippen LogP contribution in [0.25, 0.3) is 11.4 Å². The molecule has 2 aromatic carbocycles. The molecular formula is C21H20F3N3O5S. The number of esters is 1. The summed E-state index contributed by atoms with van der Waals surface area (Å²) in [6.07, 6.45) is -4.46. The van der Waals surface area contributed by atoms with E-state index in [0.29, 0.717) is 0 Å². The SMILES string of the molecule is CC(C)N(C)S(=O)(=O)c1cccc(C(=O)OCc2nc(-c3ccc(C(F)(F)F)cc3)no2)c1. The van der Waals surface area contributed by atoms with Gasteiger partial charge in [0.05, 0.1) is 16.0 Å². The molecule has 3 aromatic rings. The smallest absolute Gasteiger partial charge is 0.416 e. The van der Waals surface area contributed by atoms with Gasteiger partial charge in [-0.15, -0.1) is 0 Å². The van der Waals surface area contributed by atoms with E-state index in [1.807, 2.05) is 0 Å². The quantitative estimate of drug-likeness (QED) is 0.466. The van der Waals surface area contributed by atoms with E-state index in [4.69, 9.17) is 9.26 Å². The van der Waals surface area contributed by atoms with Crippen molar-refractivity contribution in [3.05, 3.63) is 65.5 Å². The molecular weight excluding hydrogens is 463 g/mol. The number of aromatic nitrogens is 2. The molecule has 12 heteroatoms. The highest BCUT2D eigenvalue weighted by Gasteiger charge is 2.30. The first-order valence-electron chi connectivity index (χ1n) is 9.65. The van der Waals surface area contributed by atoms with Crippen LogP contribution in [0.15, 0.2) is 57.9 Å². The summed E-state index contributed by atoms with van der Waals surface area (Å²) in [7, 11) is -2.35. The number of hydrogen-bond donors (Lipinski definition) is 0. The zero-order valence-corrected chi connectivity index (χ0v) is 18.6. The van der Waals surface area contributed by atoms with Crippen molar-refractivity contribution < 1.29 is 35.6 Å². The lowest BCUT2D eigenvalue weighted by atomic mass is 10.1. The van der Waals surface area contributed by atoms with Gasteiger partial charge in [0.15, 0.2) is 6.61 Å². The minimum absolute atomic E-state index is 0.00992. The van der Waals surface area contributed by atoms with Gasteiger partial charge in [-0.25, -0.2) is 13.2 Å². The van der Waals surface area contributed by atoms with E-state index in [-0.39, 0.29) is 33.8 Å². The highest BCUT2D eigenvalue weighted by atomic mass is 32.2. The number of hydrogen-bond acceptors (Lipinski definition) is 7. The Hall–Kier alpha value is -3.25. The largest absolute Gasteiger partial charge is 0.452 e. The van der Waals surface area contributed by atoms with Crippen molar-refractivity contribution in [3.8, 4) is 11.4 Å². The van der Waals surface area contributed by atoms with E-state index in [9.17, 15) is 26.4 Å². The molecule has 1 aromatic heterocycles. The molecule has 0 fully saturated rings. The first-order chi connectivity index (χ1) is 15.4. The normalized spacial score (nSPS) is 12.4. The first kappa shape index (κ1) is 24.4. The number of halogens is 3. The zero-order valence-electron chi connectivity index (χ0n) is 17.8. The Balaban J connectivity index is 1.68. The van der Waals surface area contributed by atoms with Crippen molar-refractivity contribution in [1.29, 1.82) is 0 Å². The van der Waals surface area contributed by atoms with Gasteiger partial charge >= 0.3 is 12.1 Å². The van der Waals surface area contributed by atoms with Crippen LogP contribution < -0.4 is 0 Å². The van der Waals surface area contributed by atoms with Crippen LogP contribution in [0.3, 0.4) is 0 Å². The fraction of sp³-hybridized carbons (Fsp3) is 0.286. The summed E-state index contributed by atoms with van der Waals surface area (Å²) in [6, 6.07) is 9.31. The number of benzene rings is 2. The molecule has 0 saturated heterocycles. The third-order valence-corrected chi connectivity index (χ3v) is 6.77. The third-order valence-electron chi connectivity index (χ3n) is 4.74. The molecule has 8 nitrogen and oxygen atoms in total. The van der Waals surface area contributed by atoms with Crippen LogP contribution in [-0.4, -0.2) is 41.9 Å². The first-order valence-corrected chi connectivity index (χ1v) is 11.1. The number of alkyl halides is 3. The zero-order chi connectivity index (χ0) is 24.4. The van der Waals surface area contributed by atoms with E-state index in [1.54, 1.807) is 13.8 Å². The maximum atomic E-state index is 12.7. The van der Waals surface area contributed by atoms with Crippen molar-refractivity contribution in [2.24, 2.45) is 0 Å². The van der Waals surface area contributed by atoms with Gasteiger partial charge in [-0.1, -0.05) is 23.4 Å². The van der Waals surface area contributed by atoms with E-state index in [1.165, 1.54) is 47.8 Å². The molecule has 0 aliphatic rings. The van der Waals surface area contributed by atoms with Crippen LogP contribution in [0.2, 0.25) is 0 Å². The van der Waals surface area contributed by atoms with Crippen molar-refractivity contribution in [1.82, 2.24) is 14.4 Å². The van der Waals surface area contributed by atoms with Crippen LogP contribution in [-0.2, 0) is 27.5 Å². The molecule has 0 amide bonds. The number of rotatable bonds is 7. The van der Waals surface area contributed by atoms with E-state index >= 15 is 0 Å². The second-order valence-electron chi connectivity index (χ2n) is 7.31. The minimum Gasteiger partial charge on any atom is -0.452 e. The molecule has 3 rings (SSSR count). The molecule has 0 unspecified atom stereocenters. The lowest BCUT2D eigenvalue weighted by Crippen LogP contribution is -2.33. The number of nitrogens with zero attached hydrogens (tertiary/aromatic N) is 3. The summed E-state index contributed by atoms with van der Waals surface area (Å²) in [6.45, 7) is 3.04. The Bertz CT molecular complexity index is 1240. The van der Waals surface area contributed by atoms with Crippen molar-refractivity contribution in [2.75, 3.05) is 7.05 Å². The summed E-state index contributed by atoms with van der Waals surface area (Å²) >= 11 is 0. The minimum atomic E-state index is -4.46. The molecule has 176 valence electrons. The summed E-state index contributed by atoms with van der Waals surface area (Å²) in [5, 5.41) is 3.67. The maximum absolute atomic E-state index is 12.7. The van der Waals surface area contributed by atoms with Crippen LogP contribution in [0.5, 0.6) is 0 Å². The topological polar surface area (TPSA) is 103 Å². The fourth-order valence-corrected chi connectivity index (χ4v) is 4.09. The van der Waals surface area contributed by atoms with Crippen LogP contribution >= 0.6 is 0 Å². The Morgan fingerprint density at radius 2 is 1.82 bits per heavy atom. The molecule has 0 aliphatic heterocycles. The summed E-state index contributed by atoms with van der Waals surface area (Å²) < 4.78 is 74.5. The monoisotopic (exact) mass is 483 g/mol. The average molecular weight is 483 g/mol. The van der Waals surface area contributed by atoms with Gasteiger partial charge in [-0.3, -0.25) is 0 Å². The Morgan fingerprint density at radius 1 is 1.15 bits per heavy atom. The number of carbonyl (C=O) groups is 1. The van der Waals surface area contributed by atoms with Gasteiger partial charge in [0.25, 0.3) is 5.89 Å². The number of sulfonamides is 1. The van der Waals surface area contributed by atoms with E-state index < -0.39 is 34.3 Å². The van der Waals surface area contributed by atoms with Gasteiger partial charge in [-0.05, 0) is 44.2 Å². The van der Waals surface area contributed by atoms with Gasteiger partial charge in [-0.2, -0.15) is 22.5 Å². The Kier molecular flexibility index (Phi) is 6.89. The van der Waals surface area contributed by atoms with Crippen molar-refractivity contribution >= 4 is 16.0 Å². The predicted octanol–water partition coefficient (Wildman–Crippen LogP) is 4.14. The lowest BCUT2D eigenvalue weighted by molar-refractivity contribution is -0.137. The average Bonchev–Trinajstić information content (AvgIpc) is 3.25. The number of ether oxygens (including phenoxy) is 1. The summed E-state index contributed by atoms with van der Waals surface area (Å²) in [5.41, 5.74) is -0.514. The van der Waals surface area contributed by atoms with E-state index in [2.05, 4.69) is 10.1 Å². The van der Waals surface area contributed by atoms with Gasteiger partial charge < -0.3 is 9.26 Å². The molecule has 1 heterocycles. The number of carbonyl (C=O) groups excluding carboxylic acids is 1. The highest BCUT2D eigenvalue weighted by molar-refractivity contribution is 7.89. The third kappa shape index (κ3) is 5.57.